The Morgan fingerprint density at radius 1 is 1.25 bits per heavy atom. The van der Waals surface area contributed by atoms with Gasteiger partial charge in [0, 0.05) is 37.4 Å². The molecule has 148 valence electrons. The number of aromatic nitrogens is 2. The highest BCUT2D eigenvalue weighted by molar-refractivity contribution is 6.03. The van der Waals surface area contributed by atoms with Gasteiger partial charge in [0.25, 0.3) is 5.91 Å². The van der Waals surface area contributed by atoms with Gasteiger partial charge in [-0.05, 0) is 49.9 Å². The van der Waals surface area contributed by atoms with Gasteiger partial charge in [0.1, 0.15) is 0 Å². The van der Waals surface area contributed by atoms with Gasteiger partial charge in [0.2, 0.25) is 5.91 Å². The molecule has 2 aliphatic rings. The Morgan fingerprint density at radius 3 is 2.79 bits per heavy atom. The number of primary amides is 1. The molecule has 28 heavy (non-hydrogen) atoms. The summed E-state index contributed by atoms with van der Waals surface area (Å²) in [7, 11) is 1.89. The molecule has 2 amide bonds. The molecule has 3 N–H and O–H groups in total. The SMILES string of the molecule is Cn1nc(C(=O)Nc2ccccc2CN2CCCC(C(N)=O)C2)cc1C1CC1. The van der Waals surface area contributed by atoms with Crippen LogP contribution in [0.3, 0.4) is 0 Å². The number of hydrogen-bond donors (Lipinski definition) is 2. The quantitative estimate of drug-likeness (QED) is 0.803. The number of carbonyl (C=O) groups excluding carboxylic acids is 2. The second-order valence-corrected chi connectivity index (χ2v) is 7.94. The zero-order chi connectivity index (χ0) is 19.7. The number of nitrogens with two attached hydrogens (primary N) is 1. The maximum Gasteiger partial charge on any atom is 0.276 e. The van der Waals surface area contributed by atoms with Gasteiger partial charge < -0.3 is 11.1 Å². The van der Waals surface area contributed by atoms with Gasteiger partial charge >= 0.3 is 0 Å². The Balaban J connectivity index is 1.46. The average molecular weight is 381 g/mol. The summed E-state index contributed by atoms with van der Waals surface area (Å²) >= 11 is 0. The molecular weight excluding hydrogens is 354 g/mol. The largest absolute Gasteiger partial charge is 0.369 e. The second-order valence-electron chi connectivity index (χ2n) is 7.94. The monoisotopic (exact) mass is 381 g/mol. The van der Waals surface area contributed by atoms with Crippen molar-refractivity contribution < 1.29 is 9.59 Å². The van der Waals surface area contributed by atoms with Crippen LogP contribution in [0.1, 0.15) is 53.3 Å². The smallest absolute Gasteiger partial charge is 0.276 e. The van der Waals surface area contributed by atoms with Gasteiger partial charge in [0.05, 0.1) is 5.92 Å². The summed E-state index contributed by atoms with van der Waals surface area (Å²) in [4.78, 5) is 26.5. The van der Waals surface area contributed by atoms with Crippen molar-refractivity contribution in [1.82, 2.24) is 14.7 Å². The number of anilines is 1. The first-order valence-corrected chi connectivity index (χ1v) is 9.96. The first-order chi connectivity index (χ1) is 13.5. The summed E-state index contributed by atoms with van der Waals surface area (Å²) in [6.45, 7) is 2.27. The van der Waals surface area contributed by atoms with Crippen molar-refractivity contribution in [2.75, 3.05) is 18.4 Å². The predicted octanol–water partition coefficient (Wildman–Crippen LogP) is 2.25. The lowest BCUT2D eigenvalue weighted by atomic mass is 9.97. The highest BCUT2D eigenvalue weighted by atomic mass is 16.2. The molecule has 7 heteroatoms. The number of para-hydroxylation sites is 1. The van der Waals surface area contributed by atoms with Crippen molar-refractivity contribution in [3.05, 3.63) is 47.3 Å². The van der Waals surface area contributed by atoms with Crippen molar-refractivity contribution in [3.8, 4) is 0 Å². The molecule has 1 aliphatic heterocycles. The van der Waals surface area contributed by atoms with Crippen molar-refractivity contribution in [2.45, 2.75) is 38.1 Å². The lowest BCUT2D eigenvalue weighted by Crippen LogP contribution is -2.40. The number of nitrogens with zero attached hydrogens (tertiary/aromatic N) is 3. The Hall–Kier alpha value is -2.67. The number of likely N-dealkylation sites (tertiary alicyclic amines) is 1. The Morgan fingerprint density at radius 2 is 2.04 bits per heavy atom. The standard InChI is InChI=1S/C21H27N5O2/c1-25-19(14-8-9-14)11-18(24-25)21(28)23-17-7-3-2-5-15(17)12-26-10-4-6-16(13-26)20(22)27/h2-3,5,7,11,14,16H,4,6,8-10,12-13H2,1H3,(H2,22,27)(H,23,28). The van der Waals surface area contributed by atoms with Gasteiger partial charge in [-0.2, -0.15) is 5.10 Å². The van der Waals surface area contributed by atoms with E-state index >= 15 is 0 Å². The summed E-state index contributed by atoms with van der Waals surface area (Å²) < 4.78 is 1.82. The molecule has 2 fully saturated rings. The summed E-state index contributed by atoms with van der Waals surface area (Å²) in [5.41, 5.74) is 8.88. The molecule has 1 atom stereocenters. The van der Waals surface area contributed by atoms with Crippen LogP contribution in [-0.4, -0.2) is 39.6 Å². The zero-order valence-corrected chi connectivity index (χ0v) is 16.2. The minimum absolute atomic E-state index is 0.0927. The number of benzene rings is 1. The molecule has 1 aliphatic carbocycles. The van der Waals surface area contributed by atoms with Gasteiger partial charge in [-0.15, -0.1) is 0 Å². The van der Waals surface area contributed by atoms with Crippen LogP contribution in [0.2, 0.25) is 0 Å². The van der Waals surface area contributed by atoms with Crippen LogP contribution in [0.25, 0.3) is 0 Å². The first-order valence-electron chi connectivity index (χ1n) is 9.96. The minimum atomic E-state index is -0.229. The summed E-state index contributed by atoms with van der Waals surface area (Å²) in [6, 6.07) is 9.70. The molecule has 1 aromatic heterocycles. The lowest BCUT2D eigenvalue weighted by Gasteiger charge is -2.31. The van der Waals surface area contributed by atoms with Gasteiger partial charge in [-0.3, -0.25) is 19.2 Å². The lowest BCUT2D eigenvalue weighted by molar-refractivity contribution is -0.123. The first kappa shape index (κ1) is 18.7. The van der Waals surface area contributed by atoms with E-state index in [-0.39, 0.29) is 17.7 Å². The van der Waals surface area contributed by atoms with Crippen LogP contribution in [0.15, 0.2) is 30.3 Å². The number of aryl methyl sites for hydroxylation is 1. The maximum absolute atomic E-state index is 12.7. The fraction of sp³-hybridized carbons (Fsp3) is 0.476. The number of amides is 2. The molecular formula is C21H27N5O2. The van der Waals surface area contributed by atoms with E-state index in [9.17, 15) is 9.59 Å². The normalized spacial score (nSPS) is 20.1. The number of nitrogens with one attached hydrogen (secondary N) is 1. The van der Waals surface area contributed by atoms with Gasteiger partial charge in [-0.25, -0.2) is 0 Å². The van der Waals surface area contributed by atoms with Crippen LogP contribution in [-0.2, 0) is 18.4 Å². The van der Waals surface area contributed by atoms with Crippen LogP contribution >= 0.6 is 0 Å². The summed E-state index contributed by atoms with van der Waals surface area (Å²) in [6.07, 6.45) is 4.16. The van der Waals surface area contributed by atoms with Gasteiger partial charge in [-0.1, -0.05) is 18.2 Å². The molecule has 1 saturated carbocycles. The van der Waals surface area contributed by atoms with Crippen LogP contribution in [0, 0.1) is 5.92 Å². The average Bonchev–Trinajstić information content (AvgIpc) is 3.45. The third-order valence-corrected chi connectivity index (χ3v) is 5.71. The van der Waals surface area contributed by atoms with E-state index in [1.54, 1.807) is 0 Å². The Kier molecular flexibility index (Phi) is 5.17. The van der Waals surface area contributed by atoms with E-state index in [1.807, 2.05) is 42.1 Å². The maximum atomic E-state index is 12.7. The van der Waals surface area contributed by atoms with E-state index < -0.39 is 0 Å². The molecule has 7 nitrogen and oxygen atoms in total. The molecule has 1 aromatic carbocycles. The Labute approximate surface area is 164 Å². The third kappa shape index (κ3) is 4.09. The molecule has 1 unspecified atom stereocenters. The number of hydrogen-bond acceptors (Lipinski definition) is 4. The molecule has 4 rings (SSSR count). The molecule has 0 bridgehead atoms. The number of piperidine rings is 1. The van der Waals surface area contributed by atoms with E-state index in [1.165, 1.54) is 12.8 Å². The minimum Gasteiger partial charge on any atom is -0.369 e. The summed E-state index contributed by atoms with van der Waals surface area (Å²) in [5, 5.41) is 7.40. The van der Waals surface area contributed by atoms with E-state index in [2.05, 4.69) is 15.3 Å². The number of rotatable bonds is 6. The predicted molar refractivity (Wildman–Crippen MR) is 107 cm³/mol. The molecule has 0 radical (unpaired) electrons. The number of carbonyl (C=O) groups is 2. The van der Waals surface area contributed by atoms with Gasteiger partial charge in [0.15, 0.2) is 5.69 Å². The van der Waals surface area contributed by atoms with Crippen molar-refractivity contribution in [1.29, 1.82) is 0 Å². The third-order valence-electron chi connectivity index (χ3n) is 5.71. The fourth-order valence-electron chi connectivity index (χ4n) is 3.99. The topological polar surface area (TPSA) is 93.2 Å². The van der Waals surface area contributed by atoms with E-state index in [4.69, 9.17) is 5.73 Å². The van der Waals surface area contributed by atoms with Crippen LogP contribution < -0.4 is 11.1 Å². The van der Waals surface area contributed by atoms with Crippen molar-refractivity contribution in [3.63, 3.8) is 0 Å². The Bertz CT molecular complexity index is 887. The molecule has 2 aromatic rings. The fourth-order valence-corrected chi connectivity index (χ4v) is 3.99. The molecule has 2 heterocycles. The molecule has 1 saturated heterocycles. The second kappa shape index (κ2) is 7.75. The zero-order valence-electron chi connectivity index (χ0n) is 16.2. The summed E-state index contributed by atoms with van der Waals surface area (Å²) in [5.74, 6) is 0.0324. The van der Waals surface area contributed by atoms with Crippen LogP contribution in [0.5, 0.6) is 0 Å². The highest BCUT2D eigenvalue weighted by Crippen LogP contribution is 2.40. The molecule has 0 spiro atoms. The van der Waals surface area contributed by atoms with Crippen molar-refractivity contribution in [2.24, 2.45) is 18.7 Å². The highest BCUT2D eigenvalue weighted by Gasteiger charge is 2.28. The van der Waals surface area contributed by atoms with Crippen molar-refractivity contribution >= 4 is 17.5 Å². The van der Waals surface area contributed by atoms with E-state index in [0.717, 1.165) is 36.3 Å². The van der Waals surface area contributed by atoms with Crippen LogP contribution in [0.4, 0.5) is 5.69 Å². The van der Waals surface area contributed by atoms with E-state index in [0.29, 0.717) is 24.7 Å².